The summed E-state index contributed by atoms with van der Waals surface area (Å²) < 4.78 is 5.99. The molecule has 2 aromatic carbocycles. The van der Waals surface area contributed by atoms with Crippen molar-refractivity contribution in [1.29, 1.82) is 0 Å². The maximum absolute atomic E-state index is 8.91. The SMILES string of the molecule is OCCCN=c1cc(-c2ccccc2)oc2ccccc12. The van der Waals surface area contributed by atoms with Crippen molar-refractivity contribution in [3.8, 4) is 11.3 Å². The molecular weight excluding hydrogens is 262 g/mol. The summed E-state index contributed by atoms with van der Waals surface area (Å²) in [6.07, 6.45) is 0.668. The number of fused-ring (bicyclic) bond motifs is 1. The van der Waals surface area contributed by atoms with Gasteiger partial charge in [0.05, 0.1) is 5.36 Å². The fourth-order valence-corrected chi connectivity index (χ4v) is 2.26. The Labute approximate surface area is 123 Å². The Hall–Kier alpha value is -2.39. The lowest BCUT2D eigenvalue weighted by Gasteiger charge is -2.04. The van der Waals surface area contributed by atoms with E-state index in [1.165, 1.54) is 0 Å². The first-order chi connectivity index (χ1) is 10.4. The molecule has 0 aliphatic rings. The summed E-state index contributed by atoms with van der Waals surface area (Å²) in [7, 11) is 0. The van der Waals surface area contributed by atoms with E-state index in [4.69, 9.17) is 9.52 Å². The van der Waals surface area contributed by atoms with Crippen molar-refractivity contribution < 1.29 is 9.52 Å². The predicted octanol–water partition coefficient (Wildman–Crippen LogP) is 3.38. The summed E-state index contributed by atoms with van der Waals surface area (Å²) in [5, 5.41) is 10.8. The maximum Gasteiger partial charge on any atom is 0.136 e. The molecule has 0 radical (unpaired) electrons. The van der Waals surface area contributed by atoms with Crippen molar-refractivity contribution in [3.63, 3.8) is 0 Å². The van der Waals surface area contributed by atoms with Gasteiger partial charge in [0.1, 0.15) is 11.3 Å². The number of benzene rings is 2. The summed E-state index contributed by atoms with van der Waals surface area (Å²) in [4.78, 5) is 4.59. The number of para-hydroxylation sites is 1. The lowest BCUT2D eigenvalue weighted by Crippen LogP contribution is -2.05. The highest BCUT2D eigenvalue weighted by Crippen LogP contribution is 2.21. The van der Waals surface area contributed by atoms with E-state index in [1.54, 1.807) is 0 Å². The molecule has 1 aromatic heterocycles. The Morgan fingerprint density at radius 3 is 2.52 bits per heavy atom. The summed E-state index contributed by atoms with van der Waals surface area (Å²) >= 11 is 0. The molecule has 0 saturated heterocycles. The van der Waals surface area contributed by atoms with E-state index >= 15 is 0 Å². The van der Waals surface area contributed by atoms with Crippen LogP contribution >= 0.6 is 0 Å². The zero-order chi connectivity index (χ0) is 14.5. The predicted molar refractivity (Wildman–Crippen MR) is 83.8 cm³/mol. The minimum absolute atomic E-state index is 0.157. The van der Waals surface area contributed by atoms with Gasteiger partial charge in [0.2, 0.25) is 0 Å². The Bertz CT molecular complexity index is 791. The molecule has 106 valence electrons. The van der Waals surface area contributed by atoms with Crippen LogP contribution in [0.3, 0.4) is 0 Å². The second-order valence-electron chi connectivity index (χ2n) is 4.82. The Kier molecular flexibility index (Phi) is 4.12. The number of rotatable bonds is 4. The lowest BCUT2D eigenvalue weighted by atomic mass is 10.1. The number of hydrogen-bond acceptors (Lipinski definition) is 3. The number of aliphatic hydroxyl groups excluding tert-OH is 1. The van der Waals surface area contributed by atoms with Crippen LogP contribution in [0.25, 0.3) is 22.3 Å². The third-order valence-corrected chi connectivity index (χ3v) is 3.31. The Morgan fingerprint density at radius 1 is 0.952 bits per heavy atom. The monoisotopic (exact) mass is 279 g/mol. The highest BCUT2D eigenvalue weighted by atomic mass is 16.3. The Balaban J connectivity index is 2.17. The van der Waals surface area contributed by atoms with Crippen molar-refractivity contribution in [2.24, 2.45) is 4.99 Å². The van der Waals surface area contributed by atoms with Gasteiger partial charge in [-0.15, -0.1) is 0 Å². The third-order valence-electron chi connectivity index (χ3n) is 3.31. The van der Waals surface area contributed by atoms with Crippen molar-refractivity contribution in [1.82, 2.24) is 0 Å². The fraction of sp³-hybridized carbons (Fsp3) is 0.167. The second kappa shape index (κ2) is 6.37. The molecule has 0 spiro atoms. The van der Waals surface area contributed by atoms with Gasteiger partial charge in [-0.05, 0) is 18.6 Å². The molecule has 3 heteroatoms. The highest BCUT2D eigenvalue weighted by molar-refractivity contribution is 5.78. The molecule has 21 heavy (non-hydrogen) atoms. The van der Waals surface area contributed by atoms with Gasteiger partial charge < -0.3 is 9.52 Å². The van der Waals surface area contributed by atoms with Crippen LogP contribution in [0.5, 0.6) is 0 Å². The second-order valence-corrected chi connectivity index (χ2v) is 4.82. The lowest BCUT2D eigenvalue weighted by molar-refractivity contribution is 0.291. The average Bonchev–Trinajstić information content (AvgIpc) is 2.55. The van der Waals surface area contributed by atoms with E-state index < -0.39 is 0 Å². The smallest absolute Gasteiger partial charge is 0.136 e. The van der Waals surface area contributed by atoms with Crippen LogP contribution in [0.15, 0.2) is 70.1 Å². The zero-order valence-corrected chi connectivity index (χ0v) is 11.7. The van der Waals surface area contributed by atoms with Crippen LogP contribution in [-0.2, 0) is 0 Å². The Morgan fingerprint density at radius 2 is 1.71 bits per heavy atom. The van der Waals surface area contributed by atoms with Gasteiger partial charge in [0, 0.05) is 30.2 Å². The van der Waals surface area contributed by atoms with Crippen LogP contribution in [-0.4, -0.2) is 18.3 Å². The molecule has 0 amide bonds. The highest BCUT2D eigenvalue weighted by Gasteiger charge is 2.04. The van der Waals surface area contributed by atoms with Crippen molar-refractivity contribution in [3.05, 3.63) is 66.0 Å². The van der Waals surface area contributed by atoms with Gasteiger partial charge >= 0.3 is 0 Å². The number of aliphatic hydroxyl groups is 1. The third kappa shape index (κ3) is 3.03. The van der Waals surface area contributed by atoms with Gasteiger partial charge in [-0.25, -0.2) is 0 Å². The first kappa shape index (κ1) is 13.6. The van der Waals surface area contributed by atoms with Crippen LogP contribution in [0.2, 0.25) is 0 Å². The van der Waals surface area contributed by atoms with Crippen LogP contribution < -0.4 is 5.36 Å². The van der Waals surface area contributed by atoms with E-state index in [0.29, 0.717) is 13.0 Å². The molecule has 3 rings (SSSR count). The molecule has 1 heterocycles. The summed E-state index contributed by atoms with van der Waals surface area (Å²) in [6, 6.07) is 19.9. The van der Waals surface area contributed by atoms with Crippen molar-refractivity contribution in [2.45, 2.75) is 6.42 Å². The van der Waals surface area contributed by atoms with E-state index in [2.05, 4.69) is 4.99 Å². The van der Waals surface area contributed by atoms with E-state index in [0.717, 1.165) is 27.7 Å². The van der Waals surface area contributed by atoms with Gasteiger partial charge in [-0.2, -0.15) is 0 Å². The van der Waals surface area contributed by atoms with Crippen molar-refractivity contribution in [2.75, 3.05) is 13.2 Å². The largest absolute Gasteiger partial charge is 0.456 e. The van der Waals surface area contributed by atoms with Gasteiger partial charge in [-0.3, -0.25) is 4.99 Å². The molecule has 0 bridgehead atoms. The van der Waals surface area contributed by atoms with E-state index in [1.807, 2.05) is 60.7 Å². The first-order valence-electron chi connectivity index (χ1n) is 7.08. The minimum atomic E-state index is 0.157. The fourth-order valence-electron chi connectivity index (χ4n) is 2.26. The van der Waals surface area contributed by atoms with Gasteiger partial charge in [-0.1, -0.05) is 42.5 Å². The standard InChI is InChI=1S/C18H17NO2/c20-12-6-11-19-16-13-18(14-7-2-1-3-8-14)21-17-10-5-4-9-15(16)17/h1-5,7-10,13,20H,6,11-12H2. The van der Waals surface area contributed by atoms with Crippen LogP contribution in [0, 0.1) is 0 Å². The average molecular weight is 279 g/mol. The molecule has 0 atom stereocenters. The summed E-state index contributed by atoms with van der Waals surface area (Å²) in [5.41, 5.74) is 1.85. The molecule has 0 fully saturated rings. The van der Waals surface area contributed by atoms with Crippen LogP contribution in [0.1, 0.15) is 6.42 Å². The molecule has 0 aliphatic heterocycles. The van der Waals surface area contributed by atoms with E-state index in [-0.39, 0.29) is 6.61 Å². The first-order valence-corrected chi connectivity index (χ1v) is 7.08. The van der Waals surface area contributed by atoms with Crippen molar-refractivity contribution >= 4 is 11.0 Å². The molecule has 0 unspecified atom stereocenters. The molecule has 3 nitrogen and oxygen atoms in total. The molecule has 3 aromatic rings. The van der Waals surface area contributed by atoms with E-state index in [9.17, 15) is 0 Å². The zero-order valence-electron chi connectivity index (χ0n) is 11.7. The summed E-state index contributed by atoms with van der Waals surface area (Å²) in [5.74, 6) is 0.803. The maximum atomic E-state index is 8.91. The molecule has 0 saturated carbocycles. The molecular formula is C18H17NO2. The number of nitrogens with zero attached hydrogens (tertiary/aromatic N) is 1. The molecule has 1 N–H and O–H groups in total. The summed E-state index contributed by atoms with van der Waals surface area (Å²) in [6.45, 7) is 0.767. The molecule has 0 aliphatic carbocycles. The normalized spacial score (nSPS) is 12.0. The quantitative estimate of drug-likeness (QED) is 0.744. The van der Waals surface area contributed by atoms with Gasteiger partial charge in [0.15, 0.2) is 0 Å². The topological polar surface area (TPSA) is 45.7 Å². The van der Waals surface area contributed by atoms with Gasteiger partial charge in [0.25, 0.3) is 0 Å². The van der Waals surface area contributed by atoms with Crippen LogP contribution in [0.4, 0.5) is 0 Å². The number of hydrogen-bond donors (Lipinski definition) is 1. The minimum Gasteiger partial charge on any atom is -0.456 e.